The minimum absolute atomic E-state index is 0.136. The molecule has 3 rings (SSSR count). The Morgan fingerprint density at radius 1 is 1.12 bits per heavy atom. The van der Waals surface area contributed by atoms with E-state index in [0.717, 1.165) is 8.96 Å². The van der Waals surface area contributed by atoms with Gasteiger partial charge in [0.1, 0.15) is 5.58 Å². The second-order valence-corrected chi connectivity index (χ2v) is 7.10. The number of nitrogens with one attached hydrogen (secondary N) is 2. The van der Waals surface area contributed by atoms with Gasteiger partial charge >= 0.3 is 5.63 Å². The first-order valence-electron chi connectivity index (χ1n) is 7.04. The van der Waals surface area contributed by atoms with Gasteiger partial charge in [-0.3, -0.25) is 10.1 Å². The van der Waals surface area contributed by atoms with Crippen LogP contribution in [-0.2, 0) is 0 Å². The zero-order chi connectivity index (χ0) is 18.0. The molecule has 126 valence electrons. The summed E-state index contributed by atoms with van der Waals surface area (Å²) in [6, 6.07) is 13.2. The highest BCUT2D eigenvalue weighted by atomic mass is 127. The number of carbonyl (C=O) groups is 1. The van der Waals surface area contributed by atoms with Crippen molar-refractivity contribution in [3.63, 3.8) is 0 Å². The molecular weight excluding hydrogens is 475 g/mol. The first kappa shape index (κ1) is 17.8. The second-order valence-electron chi connectivity index (χ2n) is 5.04. The summed E-state index contributed by atoms with van der Waals surface area (Å²) in [4.78, 5) is 23.5. The molecule has 0 aliphatic carbocycles. The van der Waals surface area contributed by atoms with Crippen LogP contribution in [0.2, 0.25) is 5.02 Å². The van der Waals surface area contributed by atoms with E-state index in [2.05, 4.69) is 33.2 Å². The van der Waals surface area contributed by atoms with Gasteiger partial charge in [0.2, 0.25) is 0 Å². The van der Waals surface area contributed by atoms with E-state index in [0.29, 0.717) is 21.9 Å². The lowest BCUT2D eigenvalue weighted by Gasteiger charge is -2.11. The van der Waals surface area contributed by atoms with Gasteiger partial charge in [0.25, 0.3) is 5.91 Å². The van der Waals surface area contributed by atoms with Crippen LogP contribution in [0.25, 0.3) is 11.0 Å². The molecule has 0 saturated carbocycles. The van der Waals surface area contributed by atoms with Crippen LogP contribution in [0.5, 0.6) is 0 Å². The van der Waals surface area contributed by atoms with Gasteiger partial charge in [-0.1, -0.05) is 11.6 Å². The van der Waals surface area contributed by atoms with Crippen LogP contribution in [0.1, 0.15) is 10.4 Å². The van der Waals surface area contributed by atoms with Gasteiger partial charge in [0, 0.05) is 20.7 Å². The Kier molecular flexibility index (Phi) is 5.36. The lowest BCUT2D eigenvalue weighted by atomic mass is 10.2. The number of halogens is 2. The fraction of sp³-hybridized carbons (Fsp3) is 0. The van der Waals surface area contributed by atoms with Gasteiger partial charge in [-0.05, 0) is 77.3 Å². The van der Waals surface area contributed by atoms with E-state index in [4.69, 9.17) is 28.2 Å². The Balaban J connectivity index is 1.74. The summed E-state index contributed by atoms with van der Waals surface area (Å²) in [7, 11) is 0. The van der Waals surface area contributed by atoms with Crippen LogP contribution < -0.4 is 16.3 Å². The number of hydrogen-bond donors (Lipinski definition) is 2. The van der Waals surface area contributed by atoms with Crippen LogP contribution in [0.3, 0.4) is 0 Å². The summed E-state index contributed by atoms with van der Waals surface area (Å²) in [6.07, 6.45) is 0. The van der Waals surface area contributed by atoms with E-state index in [-0.39, 0.29) is 5.11 Å². The molecule has 5 nitrogen and oxygen atoms in total. The van der Waals surface area contributed by atoms with Crippen molar-refractivity contribution in [3.05, 3.63) is 73.1 Å². The molecular formula is C17H10ClIN2O3S. The van der Waals surface area contributed by atoms with E-state index >= 15 is 0 Å². The molecule has 1 aromatic heterocycles. The summed E-state index contributed by atoms with van der Waals surface area (Å²) in [5.41, 5.74) is 1.06. The predicted molar refractivity (Wildman–Crippen MR) is 110 cm³/mol. The Morgan fingerprint density at radius 3 is 2.72 bits per heavy atom. The molecule has 0 unspecified atom stereocenters. The fourth-order valence-corrected chi connectivity index (χ4v) is 3.06. The molecule has 0 bridgehead atoms. The lowest BCUT2D eigenvalue weighted by Crippen LogP contribution is -2.34. The Morgan fingerprint density at radius 2 is 1.92 bits per heavy atom. The first-order chi connectivity index (χ1) is 11.9. The Hall–Kier alpha value is -1.97. The first-order valence-corrected chi connectivity index (χ1v) is 8.90. The summed E-state index contributed by atoms with van der Waals surface area (Å²) in [5, 5.41) is 6.73. The smallest absolute Gasteiger partial charge is 0.336 e. The molecule has 8 heteroatoms. The van der Waals surface area contributed by atoms with Gasteiger partial charge < -0.3 is 9.73 Å². The van der Waals surface area contributed by atoms with Crippen LogP contribution in [0.4, 0.5) is 5.69 Å². The monoisotopic (exact) mass is 484 g/mol. The fourth-order valence-electron chi connectivity index (χ4n) is 2.15. The Labute approximate surface area is 166 Å². The standard InChI is InChI=1S/C17H10ClIN2O3S/c18-13-4-2-10(19)8-12(13)16(23)21-17(25)20-11-3-5-14-9(7-11)1-6-15(22)24-14/h1-8H,(H2,20,21,23,25). The van der Waals surface area contributed by atoms with Gasteiger partial charge in [-0.2, -0.15) is 0 Å². The average Bonchev–Trinajstić information content (AvgIpc) is 2.57. The molecule has 0 fully saturated rings. The molecule has 25 heavy (non-hydrogen) atoms. The maximum Gasteiger partial charge on any atom is 0.336 e. The van der Waals surface area contributed by atoms with Crippen molar-refractivity contribution in [2.24, 2.45) is 0 Å². The molecule has 0 radical (unpaired) electrons. The zero-order valence-electron chi connectivity index (χ0n) is 12.5. The van der Waals surface area contributed by atoms with E-state index in [1.807, 2.05) is 6.07 Å². The summed E-state index contributed by atoms with van der Waals surface area (Å²) >= 11 is 13.3. The van der Waals surface area contributed by atoms with Crippen molar-refractivity contribution < 1.29 is 9.21 Å². The molecule has 0 aliphatic heterocycles. The number of rotatable bonds is 2. The van der Waals surface area contributed by atoms with Gasteiger partial charge in [0.15, 0.2) is 5.11 Å². The van der Waals surface area contributed by atoms with Crippen LogP contribution >= 0.6 is 46.4 Å². The predicted octanol–water partition coefficient (Wildman–Crippen LogP) is 4.18. The zero-order valence-corrected chi connectivity index (χ0v) is 16.2. The quantitative estimate of drug-likeness (QED) is 0.324. The Bertz CT molecular complexity index is 1050. The summed E-state index contributed by atoms with van der Waals surface area (Å²) in [6.45, 7) is 0. The molecule has 0 aliphatic rings. The van der Waals surface area contributed by atoms with Crippen molar-refractivity contribution in [3.8, 4) is 0 Å². The minimum Gasteiger partial charge on any atom is -0.423 e. The van der Waals surface area contributed by atoms with Crippen LogP contribution in [-0.4, -0.2) is 11.0 Å². The van der Waals surface area contributed by atoms with E-state index in [1.54, 1.807) is 36.4 Å². The third-order valence-electron chi connectivity index (χ3n) is 3.28. The molecule has 1 heterocycles. The van der Waals surface area contributed by atoms with E-state index in [1.165, 1.54) is 6.07 Å². The van der Waals surface area contributed by atoms with Crippen LogP contribution in [0, 0.1) is 3.57 Å². The van der Waals surface area contributed by atoms with E-state index < -0.39 is 11.5 Å². The lowest BCUT2D eigenvalue weighted by molar-refractivity contribution is 0.0978. The third kappa shape index (κ3) is 4.36. The number of carbonyl (C=O) groups excluding carboxylic acids is 1. The average molecular weight is 485 g/mol. The maximum atomic E-state index is 12.3. The van der Waals surface area contributed by atoms with Gasteiger partial charge in [-0.15, -0.1) is 0 Å². The van der Waals surface area contributed by atoms with Crippen molar-refractivity contribution in [1.29, 1.82) is 0 Å². The number of amides is 1. The number of fused-ring (bicyclic) bond motifs is 1. The number of thiocarbonyl (C=S) groups is 1. The molecule has 0 saturated heterocycles. The minimum atomic E-state index is -0.412. The highest BCUT2D eigenvalue weighted by Gasteiger charge is 2.12. The van der Waals surface area contributed by atoms with Crippen molar-refractivity contribution in [2.45, 2.75) is 0 Å². The van der Waals surface area contributed by atoms with Crippen LogP contribution in [0.15, 0.2) is 57.7 Å². The number of anilines is 1. The summed E-state index contributed by atoms with van der Waals surface area (Å²) < 4.78 is 5.96. The largest absolute Gasteiger partial charge is 0.423 e. The highest BCUT2D eigenvalue weighted by Crippen LogP contribution is 2.19. The maximum absolute atomic E-state index is 12.3. The molecule has 3 aromatic rings. The SMILES string of the molecule is O=C(NC(=S)Nc1ccc2oc(=O)ccc2c1)c1cc(I)ccc1Cl. The normalized spacial score (nSPS) is 10.5. The van der Waals surface area contributed by atoms with Gasteiger partial charge in [-0.25, -0.2) is 4.79 Å². The third-order valence-corrected chi connectivity index (χ3v) is 4.48. The topological polar surface area (TPSA) is 71.3 Å². The molecule has 1 amide bonds. The second kappa shape index (κ2) is 7.51. The number of hydrogen-bond acceptors (Lipinski definition) is 4. The van der Waals surface area contributed by atoms with E-state index in [9.17, 15) is 9.59 Å². The highest BCUT2D eigenvalue weighted by molar-refractivity contribution is 14.1. The number of benzene rings is 2. The molecule has 0 atom stereocenters. The van der Waals surface area contributed by atoms with Crippen molar-refractivity contribution in [2.75, 3.05) is 5.32 Å². The van der Waals surface area contributed by atoms with Crippen molar-refractivity contribution in [1.82, 2.24) is 5.32 Å². The molecule has 2 aromatic carbocycles. The van der Waals surface area contributed by atoms with Crippen molar-refractivity contribution >= 4 is 74.1 Å². The molecule has 0 spiro atoms. The summed E-state index contributed by atoms with van der Waals surface area (Å²) in [5.74, 6) is -0.396. The van der Waals surface area contributed by atoms with Gasteiger partial charge in [0.05, 0.1) is 10.6 Å². The molecule has 2 N–H and O–H groups in total.